The number of nitrogens with zero attached hydrogens (tertiary/aromatic N) is 2. The van der Waals surface area contributed by atoms with Crippen LogP contribution < -0.4 is 0 Å². The first-order valence-corrected chi connectivity index (χ1v) is 8.92. The molecule has 0 aromatic heterocycles. The van der Waals surface area contributed by atoms with Crippen LogP contribution in [-0.2, 0) is 14.8 Å². The van der Waals surface area contributed by atoms with E-state index in [1.165, 1.54) is 0 Å². The largest absolute Gasteiger partial charge is 0.340 e. The third kappa shape index (κ3) is 3.48. The lowest BCUT2D eigenvalue weighted by atomic mass is 9.84. The topological polar surface area (TPSA) is 57.7 Å². The van der Waals surface area contributed by atoms with Crippen molar-refractivity contribution in [2.24, 2.45) is 5.92 Å². The molecule has 1 saturated heterocycles. The number of sulfonamides is 1. The van der Waals surface area contributed by atoms with Crippen molar-refractivity contribution < 1.29 is 13.2 Å². The summed E-state index contributed by atoms with van der Waals surface area (Å²) < 4.78 is 25.6. The molecule has 6 heteroatoms. The van der Waals surface area contributed by atoms with Gasteiger partial charge in [-0.05, 0) is 19.3 Å². The minimum atomic E-state index is -3.11. The van der Waals surface area contributed by atoms with Gasteiger partial charge in [-0.2, -0.15) is 4.31 Å². The lowest BCUT2D eigenvalue weighted by Crippen LogP contribution is -2.52. The predicted molar refractivity (Wildman–Crippen MR) is 74.2 cm³/mol. The maximum atomic E-state index is 12.1. The Kier molecular flexibility index (Phi) is 4.84. The Bertz CT molecular complexity index is 410. The van der Waals surface area contributed by atoms with Gasteiger partial charge in [0, 0.05) is 32.1 Å². The van der Waals surface area contributed by atoms with Crippen molar-refractivity contribution in [1.82, 2.24) is 9.21 Å². The average Bonchev–Trinajstić information content (AvgIpc) is 2.34. The van der Waals surface area contributed by atoms with Gasteiger partial charge in [0.1, 0.15) is 0 Å². The van der Waals surface area contributed by atoms with E-state index in [9.17, 15) is 13.2 Å². The molecule has 0 aromatic carbocycles. The summed E-state index contributed by atoms with van der Waals surface area (Å²) in [7, 11) is -3.11. The maximum Gasteiger partial charge on any atom is 0.225 e. The predicted octanol–water partition coefficient (Wildman–Crippen LogP) is 1.06. The summed E-state index contributed by atoms with van der Waals surface area (Å²) in [6, 6.07) is 0. The van der Waals surface area contributed by atoms with Gasteiger partial charge in [-0.15, -0.1) is 0 Å². The van der Waals surface area contributed by atoms with Gasteiger partial charge in [-0.1, -0.05) is 19.8 Å². The Morgan fingerprint density at radius 1 is 1.16 bits per heavy atom. The third-order valence-electron chi connectivity index (χ3n) is 4.15. The van der Waals surface area contributed by atoms with Crippen LogP contribution >= 0.6 is 0 Å². The molecule has 1 aliphatic heterocycles. The van der Waals surface area contributed by atoms with E-state index in [1.54, 1.807) is 4.31 Å². The fraction of sp³-hybridized carbons (Fsp3) is 0.923. The number of hydrogen-bond donors (Lipinski definition) is 0. The SMILES string of the molecule is CCCCS(=O)(=O)N1CCN(C(=O)C2CCC2)CC1. The smallest absolute Gasteiger partial charge is 0.225 e. The molecule has 110 valence electrons. The summed E-state index contributed by atoms with van der Waals surface area (Å²) in [5.74, 6) is 0.681. The fourth-order valence-corrected chi connectivity index (χ4v) is 4.19. The van der Waals surface area contributed by atoms with Crippen LogP contribution in [0.5, 0.6) is 0 Å². The van der Waals surface area contributed by atoms with Gasteiger partial charge in [0.25, 0.3) is 0 Å². The molecule has 1 aliphatic carbocycles. The molecule has 1 saturated carbocycles. The molecule has 1 amide bonds. The first-order valence-electron chi connectivity index (χ1n) is 7.31. The molecule has 2 fully saturated rings. The van der Waals surface area contributed by atoms with Crippen LogP contribution in [0.15, 0.2) is 0 Å². The quantitative estimate of drug-likeness (QED) is 0.760. The number of amides is 1. The molecule has 0 radical (unpaired) electrons. The molecule has 19 heavy (non-hydrogen) atoms. The van der Waals surface area contributed by atoms with E-state index in [0.717, 1.165) is 25.7 Å². The van der Waals surface area contributed by atoms with Crippen LogP contribution in [0.1, 0.15) is 39.0 Å². The van der Waals surface area contributed by atoms with Gasteiger partial charge in [-0.25, -0.2) is 8.42 Å². The second kappa shape index (κ2) is 6.22. The zero-order chi connectivity index (χ0) is 13.9. The van der Waals surface area contributed by atoms with Crippen LogP contribution in [0.25, 0.3) is 0 Å². The summed E-state index contributed by atoms with van der Waals surface area (Å²) in [4.78, 5) is 13.9. The lowest BCUT2D eigenvalue weighted by Gasteiger charge is -2.37. The van der Waals surface area contributed by atoms with Gasteiger partial charge < -0.3 is 4.90 Å². The number of unbranched alkanes of at least 4 members (excludes halogenated alkanes) is 1. The van der Waals surface area contributed by atoms with Crippen molar-refractivity contribution >= 4 is 15.9 Å². The molecule has 0 unspecified atom stereocenters. The van der Waals surface area contributed by atoms with E-state index < -0.39 is 10.0 Å². The van der Waals surface area contributed by atoms with Crippen LogP contribution in [0.3, 0.4) is 0 Å². The molecule has 0 atom stereocenters. The fourth-order valence-electron chi connectivity index (χ4n) is 2.56. The second-order valence-electron chi connectivity index (χ2n) is 5.52. The van der Waals surface area contributed by atoms with Gasteiger partial charge in [-0.3, -0.25) is 4.79 Å². The van der Waals surface area contributed by atoms with Gasteiger partial charge in [0.15, 0.2) is 0 Å². The zero-order valence-electron chi connectivity index (χ0n) is 11.7. The summed E-state index contributed by atoms with van der Waals surface area (Å²) in [6.07, 6.45) is 4.77. The molecule has 2 rings (SSSR count). The summed E-state index contributed by atoms with van der Waals surface area (Å²) in [5.41, 5.74) is 0. The van der Waals surface area contributed by atoms with Crippen LogP contribution in [0.4, 0.5) is 0 Å². The Hall–Kier alpha value is -0.620. The van der Waals surface area contributed by atoms with Crippen molar-refractivity contribution in [1.29, 1.82) is 0 Å². The molecule has 2 aliphatic rings. The van der Waals surface area contributed by atoms with E-state index in [-0.39, 0.29) is 17.6 Å². The van der Waals surface area contributed by atoms with Crippen molar-refractivity contribution in [3.63, 3.8) is 0 Å². The molecule has 5 nitrogen and oxygen atoms in total. The Morgan fingerprint density at radius 2 is 1.79 bits per heavy atom. The summed E-state index contributed by atoms with van der Waals surface area (Å²) >= 11 is 0. The van der Waals surface area contributed by atoms with Crippen LogP contribution in [0.2, 0.25) is 0 Å². The van der Waals surface area contributed by atoms with E-state index in [1.807, 2.05) is 11.8 Å². The average molecular weight is 288 g/mol. The number of carbonyl (C=O) groups excluding carboxylic acids is 1. The molecule has 0 N–H and O–H groups in total. The van der Waals surface area contributed by atoms with Gasteiger partial charge in [0.2, 0.25) is 15.9 Å². The van der Waals surface area contributed by atoms with Crippen molar-refractivity contribution in [3.05, 3.63) is 0 Å². The molecule has 1 heterocycles. The maximum absolute atomic E-state index is 12.1. The molecular weight excluding hydrogens is 264 g/mol. The van der Waals surface area contributed by atoms with E-state index in [0.29, 0.717) is 32.6 Å². The number of piperazine rings is 1. The van der Waals surface area contributed by atoms with E-state index >= 15 is 0 Å². The van der Waals surface area contributed by atoms with Crippen LogP contribution in [0, 0.1) is 5.92 Å². The summed E-state index contributed by atoms with van der Waals surface area (Å²) in [5, 5.41) is 0. The minimum Gasteiger partial charge on any atom is -0.340 e. The Labute approximate surface area is 116 Å². The Balaban J connectivity index is 1.83. The van der Waals surface area contributed by atoms with Crippen molar-refractivity contribution in [2.75, 3.05) is 31.9 Å². The number of hydrogen-bond acceptors (Lipinski definition) is 3. The molecule has 0 aromatic rings. The first kappa shape index (κ1) is 14.8. The minimum absolute atomic E-state index is 0.211. The normalized spacial score (nSPS) is 22.3. The summed E-state index contributed by atoms with van der Waals surface area (Å²) in [6.45, 7) is 4.03. The highest BCUT2D eigenvalue weighted by molar-refractivity contribution is 7.89. The van der Waals surface area contributed by atoms with E-state index in [4.69, 9.17) is 0 Å². The lowest BCUT2D eigenvalue weighted by molar-refractivity contribution is -0.139. The zero-order valence-corrected chi connectivity index (χ0v) is 12.5. The van der Waals surface area contributed by atoms with Crippen molar-refractivity contribution in [3.8, 4) is 0 Å². The standard InChI is InChI=1S/C13H24N2O3S/c1-2-3-11-19(17,18)15-9-7-14(8-10-15)13(16)12-5-4-6-12/h12H,2-11H2,1H3. The first-order chi connectivity index (χ1) is 9.04. The second-order valence-corrected chi connectivity index (χ2v) is 7.61. The molecule has 0 bridgehead atoms. The highest BCUT2D eigenvalue weighted by Crippen LogP contribution is 2.28. The van der Waals surface area contributed by atoms with Gasteiger partial charge in [0.05, 0.1) is 5.75 Å². The Morgan fingerprint density at radius 3 is 2.26 bits per heavy atom. The molecule has 0 spiro atoms. The molecular formula is C13H24N2O3S. The number of rotatable bonds is 5. The highest BCUT2D eigenvalue weighted by Gasteiger charge is 2.33. The highest BCUT2D eigenvalue weighted by atomic mass is 32.2. The monoisotopic (exact) mass is 288 g/mol. The van der Waals surface area contributed by atoms with Crippen LogP contribution in [-0.4, -0.2) is 55.5 Å². The van der Waals surface area contributed by atoms with E-state index in [2.05, 4.69) is 0 Å². The number of carbonyl (C=O) groups is 1. The van der Waals surface area contributed by atoms with Crippen molar-refractivity contribution in [2.45, 2.75) is 39.0 Å². The third-order valence-corrected chi connectivity index (χ3v) is 6.11. The van der Waals surface area contributed by atoms with Gasteiger partial charge >= 0.3 is 0 Å².